The van der Waals surface area contributed by atoms with E-state index in [0.717, 1.165) is 128 Å². The maximum Gasteiger partial charge on any atom is 0.472 e. The number of esters is 4. The number of aliphatic hydroxyl groups is 9. The molecule has 3 aliphatic rings. The van der Waals surface area contributed by atoms with E-state index in [1.54, 1.807) is 0 Å². The Bertz CT molecular complexity index is 2490. The lowest BCUT2D eigenvalue weighted by Gasteiger charge is -2.50. The predicted octanol–water partition coefficient (Wildman–Crippen LogP) is 18.9. The van der Waals surface area contributed by atoms with Crippen molar-refractivity contribution in [1.82, 2.24) is 0 Å². The molecule has 0 aromatic heterocycles. The van der Waals surface area contributed by atoms with Crippen molar-refractivity contribution >= 4 is 31.7 Å². The van der Waals surface area contributed by atoms with Crippen LogP contribution in [-0.4, -0.2) is 205 Å². The number of carbonyl (C=O) groups is 4. The zero-order valence-corrected chi connectivity index (χ0v) is 76.5. The number of unbranched alkanes of at least 4 members (excludes halogenated alkanes) is 57. The molecule has 120 heavy (non-hydrogen) atoms. The van der Waals surface area contributed by atoms with Crippen molar-refractivity contribution < 1.29 is 122 Å². The van der Waals surface area contributed by atoms with Gasteiger partial charge in [-0.25, -0.2) is 4.57 Å². The van der Waals surface area contributed by atoms with E-state index in [2.05, 4.69) is 27.7 Å². The fraction of sp³-hybridized carbons (Fsp3) is 0.957. The summed E-state index contributed by atoms with van der Waals surface area (Å²) in [6.45, 7) is 5.67. The SMILES string of the molecule is CCCCCCCCCCCCCCCCCCC(=O)OC1C(O)C(O)C(OC2OC(CO)C(O)C(O)C2O)C(OP(=O)(O)OCC(COC(=O)CCCCCCCCCCCCCCCCC)OC(=O)CCCCCCCCCCCCCCCCC)C1OC1OC(COC(=O)CCCCCCCCCCCCCCCCC)C(O)C(O)C1O. The standard InChI is InChI=1S/C94H177O25P/c1-5-9-13-17-21-25-29-33-37-41-45-49-53-57-61-65-69-80(99)116-89-85(104)86(105)90(117-93-87(106)83(102)81(100)75(70-95)114-93)92(91(89)118-94-88(107)84(103)82(101)76(115-94)73-111-78(97)67-63-59-55-51-47-43-39-35-31-27-23-19-15-11-7-3)119-120(108,109)112-72-74(113-79(98)68-64-60-56-52-48-44-40-36-32-28-24-20-16-12-8-4)71-110-77(96)66-62-58-54-50-46-42-38-34-30-26-22-18-14-10-6-2/h74-76,81-95,100-107H,5-73H2,1-4H3,(H,108,109). The topological polar surface area (TPSA) is 380 Å². The van der Waals surface area contributed by atoms with Crippen LogP contribution in [0.1, 0.15) is 445 Å². The lowest BCUT2D eigenvalue weighted by Crippen LogP contribution is -2.70. The van der Waals surface area contributed by atoms with E-state index >= 15 is 0 Å². The molecule has 0 amide bonds. The van der Waals surface area contributed by atoms with E-state index < -0.39 is 162 Å². The zero-order chi connectivity index (χ0) is 87.5. The van der Waals surface area contributed by atoms with Gasteiger partial charge in [0.25, 0.3) is 0 Å². The van der Waals surface area contributed by atoms with Crippen LogP contribution in [0.4, 0.5) is 0 Å². The quantitative estimate of drug-likeness (QED) is 0.0117. The highest BCUT2D eigenvalue weighted by molar-refractivity contribution is 7.47. The molecule has 1 saturated carbocycles. The molecule has 0 bridgehead atoms. The summed E-state index contributed by atoms with van der Waals surface area (Å²) in [5.41, 5.74) is 0. The maximum absolute atomic E-state index is 14.9. The van der Waals surface area contributed by atoms with Crippen LogP contribution in [-0.2, 0) is 70.7 Å². The van der Waals surface area contributed by atoms with Crippen LogP contribution >= 0.6 is 7.82 Å². The molecule has 25 nitrogen and oxygen atoms in total. The smallest absolute Gasteiger partial charge is 0.463 e. The molecule has 708 valence electrons. The minimum atomic E-state index is -5.80. The number of carbonyl (C=O) groups excluding carboxylic acids is 4. The van der Waals surface area contributed by atoms with E-state index in [4.69, 9.17) is 46.9 Å². The maximum atomic E-state index is 14.9. The second-order valence-electron chi connectivity index (χ2n) is 35.3. The molecule has 26 heteroatoms. The summed E-state index contributed by atoms with van der Waals surface area (Å²) in [7, 11) is -5.80. The third-order valence-corrected chi connectivity index (χ3v) is 25.3. The van der Waals surface area contributed by atoms with E-state index in [-0.39, 0.29) is 25.7 Å². The van der Waals surface area contributed by atoms with Gasteiger partial charge in [-0.1, -0.05) is 394 Å². The fourth-order valence-electron chi connectivity index (χ4n) is 16.6. The number of phosphoric ester groups is 1. The van der Waals surface area contributed by atoms with Gasteiger partial charge in [-0.15, -0.1) is 0 Å². The van der Waals surface area contributed by atoms with Gasteiger partial charge in [0.05, 0.1) is 13.2 Å². The molecule has 2 aliphatic heterocycles. The van der Waals surface area contributed by atoms with E-state index in [9.17, 15) is 74.6 Å². The van der Waals surface area contributed by atoms with Crippen LogP contribution in [0.25, 0.3) is 0 Å². The first kappa shape index (κ1) is 112. The molecular formula is C94H177O25P. The number of ether oxygens (including phenoxy) is 8. The molecule has 10 N–H and O–H groups in total. The lowest BCUT2D eigenvalue weighted by molar-refractivity contribution is -0.360. The van der Waals surface area contributed by atoms with Gasteiger partial charge in [-0.3, -0.25) is 28.2 Å². The van der Waals surface area contributed by atoms with Gasteiger partial charge in [0.15, 0.2) is 24.8 Å². The van der Waals surface area contributed by atoms with Gasteiger partial charge in [0.2, 0.25) is 0 Å². The predicted molar refractivity (Wildman–Crippen MR) is 467 cm³/mol. The molecule has 0 spiro atoms. The summed E-state index contributed by atoms with van der Waals surface area (Å²) in [5.74, 6) is -2.93. The normalized spacial score (nSPS) is 24.6. The molecule has 18 unspecified atom stereocenters. The second-order valence-corrected chi connectivity index (χ2v) is 36.7. The Morgan fingerprint density at radius 2 is 0.575 bits per heavy atom. The molecule has 0 radical (unpaired) electrons. The van der Waals surface area contributed by atoms with Crippen LogP contribution in [0.2, 0.25) is 0 Å². The summed E-state index contributed by atoms with van der Waals surface area (Å²) in [6.07, 6.45) is 32.0. The third kappa shape index (κ3) is 52.7. The Hall–Kier alpha value is -2.53. The van der Waals surface area contributed by atoms with Gasteiger partial charge in [0.1, 0.15) is 92.6 Å². The first-order valence-electron chi connectivity index (χ1n) is 49.3. The van der Waals surface area contributed by atoms with Gasteiger partial charge < -0.3 is 88.7 Å². The Kier molecular flexibility index (Phi) is 68.3. The Labute approximate surface area is 725 Å². The Morgan fingerprint density at radius 1 is 0.300 bits per heavy atom. The number of hydrogen-bond donors (Lipinski definition) is 10. The first-order valence-corrected chi connectivity index (χ1v) is 50.8. The van der Waals surface area contributed by atoms with Crippen LogP contribution in [0.15, 0.2) is 0 Å². The van der Waals surface area contributed by atoms with E-state index in [0.29, 0.717) is 32.1 Å². The molecule has 3 rings (SSSR count). The fourth-order valence-corrected chi connectivity index (χ4v) is 17.5. The molecular weight excluding hydrogens is 1560 g/mol. The minimum Gasteiger partial charge on any atom is -0.463 e. The van der Waals surface area contributed by atoms with Gasteiger partial charge in [-0.2, -0.15) is 0 Å². The monoisotopic (exact) mass is 1740 g/mol. The third-order valence-electron chi connectivity index (χ3n) is 24.4. The average Bonchev–Trinajstić information content (AvgIpc) is 0.745. The number of hydrogen-bond acceptors (Lipinski definition) is 24. The van der Waals surface area contributed by atoms with Crippen LogP contribution < -0.4 is 0 Å². The Morgan fingerprint density at radius 3 is 0.908 bits per heavy atom. The van der Waals surface area contributed by atoms with Crippen molar-refractivity contribution in [1.29, 1.82) is 0 Å². The Balaban J connectivity index is 1.90. The highest BCUT2D eigenvalue weighted by Crippen LogP contribution is 2.49. The molecule has 0 aromatic rings. The van der Waals surface area contributed by atoms with Crippen molar-refractivity contribution in [3.8, 4) is 0 Å². The molecule has 18 atom stereocenters. The molecule has 2 heterocycles. The molecule has 1 aliphatic carbocycles. The van der Waals surface area contributed by atoms with Crippen LogP contribution in [0, 0.1) is 0 Å². The summed E-state index contributed by atoms with van der Waals surface area (Å²) in [6, 6.07) is 0. The largest absolute Gasteiger partial charge is 0.472 e. The highest BCUT2D eigenvalue weighted by Gasteiger charge is 2.60. The molecule has 0 aromatic carbocycles. The van der Waals surface area contributed by atoms with Crippen molar-refractivity contribution in [2.45, 2.75) is 549 Å². The summed E-state index contributed by atoms with van der Waals surface area (Å²) >= 11 is 0. The van der Waals surface area contributed by atoms with Crippen molar-refractivity contribution in [3.05, 3.63) is 0 Å². The molecule has 2 saturated heterocycles. The summed E-state index contributed by atoms with van der Waals surface area (Å²) in [5, 5.41) is 102. The van der Waals surface area contributed by atoms with Crippen LogP contribution in [0.3, 0.4) is 0 Å². The number of aliphatic hydroxyl groups excluding tert-OH is 9. The highest BCUT2D eigenvalue weighted by atomic mass is 31.2. The van der Waals surface area contributed by atoms with Crippen molar-refractivity contribution in [3.63, 3.8) is 0 Å². The summed E-state index contributed by atoms with van der Waals surface area (Å²) in [4.78, 5) is 66.6. The van der Waals surface area contributed by atoms with Gasteiger partial charge in [0, 0.05) is 25.7 Å². The number of phosphoric acid groups is 1. The first-order chi connectivity index (χ1) is 58.2. The molecule has 3 fully saturated rings. The minimum absolute atomic E-state index is 0.0204. The second kappa shape index (κ2) is 73.4. The van der Waals surface area contributed by atoms with E-state index in [1.807, 2.05) is 0 Å². The van der Waals surface area contributed by atoms with Gasteiger partial charge in [-0.05, 0) is 25.7 Å². The average molecular weight is 1740 g/mol. The lowest BCUT2D eigenvalue weighted by atomic mass is 9.84. The van der Waals surface area contributed by atoms with Crippen LogP contribution in [0.5, 0.6) is 0 Å². The van der Waals surface area contributed by atoms with Gasteiger partial charge >= 0.3 is 31.7 Å². The number of rotatable bonds is 81. The van der Waals surface area contributed by atoms with E-state index in [1.165, 1.54) is 231 Å². The summed E-state index contributed by atoms with van der Waals surface area (Å²) < 4.78 is 73.6. The zero-order valence-electron chi connectivity index (χ0n) is 75.6. The van der Waals surface area contributed by atoms with Crippen molar-refractivity contribution in [2.75, 3.05) is 26.4 Å². The van der Waals surface area contributed by atoms with Crippen molar-refractivity contribution in [2.24, 2.45) is 0 Å².